The third-order valence-corrected chi connectivity index (χ3v) is 2.20. The predicted molar refractivity (Wildman–Crippen MR) is 50.4 cm³/mol. The smallest absolute Gasteiger partial charge is 0.0680 e. The second kappa shape index (κ2) is 5.21. The third kappa shape index (κ3) is 4.06. The number of terminal acetylenes is 1. The first kappa shape index (κ1) is 10.5. The van der Waals surface area contributed by atoms with Gasteiger partial charge < -0.3 is 0 Å². The minimum Gasteiger partial charge on any atom is -0.293 e. The van der Waals surface area contributed by atoms with Crippen LogP contribution < -0.4 is 0 Å². The first-order chi connectivity index (χ1) is 5.11. The van der Waals surface area contributed by atoms with Crippen molar-refractivity contribution in [2.24, 2.45) is 5.92 Å². The Bertz CT molecular complexity index is 134. The van der Waals surface area contributed by atoms with Gasteiger partial charge in [0.1, 0.15) is 0 Å². The minimum absolute atomic E-state index is 0.268. The molecular weight excluding hydrogens is 134 g/mol. The molecule has 0 heterocycles. The van der Waals surface area contributed by atoms with E-state index in [2.05, 4.69) is 38.6 Å². The van der Waals surface area contributed by atoms with Crippen LogP contribution in [0.2, 0.25) is 0 Å². The topological polar surface area (TPSA) is 3.24 Å². The number of hydrogen-bond acceptors (Lipinski definition) is 1. The van der Waals surface area contributed by atoms with Crippen LogP contribution in [0, 0.1) is 18.3 Å². The molecule has 0 bridgehead atoms. The molecule has 64 valence electrons. The van der Waals surface area contributed by atoms with Gasteiger partial charge >= 0.3 is 0 Å². The first-order valence-electron chi connectivity index (χ1n) is 4.28. The molecule has 0 rings (SSSR count). The summed E-state index contributed by atoms with van der Waals surface area (Å²) < 4.78 is 0. The molecule has 0 radical (unpaired) electrons. The standard InChI is InChI=1S/C10H19N/c1-6-9(3)8-11(5)10(4)7-2/h2,9-10H,6,8H2,1,3-5H3. The van der Waals surface area contributed by atoms with E-state index >= 15 is 0 Å². The van der Waals surface area contributed by atoms with E-state index in [-0.39, 0.29) is 6.04 Å². The van der Waals surface area contributed by atoms with Crippen molar-refractivity contribution in [3.8, 4) is 12.3 Å². The van der Waals surface area contributed by atoms with E-state index in [9.17, 15) is 0 Å². The van der Waals surface area contributed by atoms with Crippen LogP contribution in [-0.4, -0.2) is 24.5 Å². The molecule has 0 saturated heterocycles. The molecule has 0 aliphatic rings. The van der Waals surface area contributed by atoms with Gasteiger partial charge in [0.2, 0.25) is 0 Å². The Morgan fingerprint density at radius 3 is 2.36 bits per heavy atom. The largest absolute Gasteiger partial charge is 0.293 e. The average molecular weight is 153 g/mol. The molecule has 0 aliphatic carbocycles. The minimum atomic E-state index is 0.268. The Labute approximate surface area is 70.8 Å². The second-order valence-electron chi connectivity index (χ2n) is 3.30. The quantitative estimate of drug-likeness (QED) is 0.558. The van der Waals surface area contributed by atoms with Crippen LogP contribution in [0.15, 0.2) is 0 Å². The van der Waals surface area contributed by atoms with Crippen molar-refractivity contribution < 1.29 is 0 Å². The Kier molecular flexibility index (Phi) is 4.98. The molecule has 11 heavy (non-hydrogen) atoms. The summed E-state index contributed by atoms with van der Waals surface area (Å²) in [5, 5.41) is 0. The van der Waals surface area contributed by atoms with Crippen molar-refractivity contribution >= 4 is 0 Å². The highest BCUT2D eigenvalue weighted by molar-refractivity contribution is 4.96. The highest BCUT2D eigenvalue weighted by Crippen LogP contribution is 2.04. The van der Waals surface area contributed by atoms with E-state index in [1.54, 1.807) is 0 Å². The van der Waals surface area contributed by atoms with E-state index < -0.39 is 0 Å². The van der Waals surface area contributed by atoms with Crippen LogP contribution in [-0.2, 0) is 0 Å². The molecule has 2 unspecified atom stereocenters. The molecule has 0 spiro atoms. The molecule has 2 atom stereocenters. The van der Waals surface area contributed by atoms with Crippen LogP contribution in [0.5, 0.6) is 0 Å². The Morgan fingerprint density at radius 2 is 2.00 bits per heavy atom. The second-order valence-corrected chi connectivity index (χ2v) is 3.30. The van der Waals surface area contributed by atoms with Crippen LogP contribution in [0.1, 0.15) is 27.2 Å². The maximum absolute atomic E-state index is 5.30. The van der Waals surface area contributed by atoms with E-state index in [1.807, 2.05) is 0 Å². The molecule has 0 aromatic heterocycles. The molecule has 0 fully saturated rings. The Balaban J connectivity index is 3.69. The molecule has 0 aromatic carbocycles. The summed E-state index contributed by atoms with van der Waals surface area (Å²) in [6, 6.07) is 0.268. The normalized spacial score (nSPS) is 16.0. The summed E-state index contributed by atoms with van der Waals surface area (Å²) >= 11 is 0. The van der Waals surface area contributed by atoms with Gasteiger partial charge in [-0.25, -0.2) is 0 Å². The van der Waals surface area contributed by atoms with Crippen molar-refractivity contribution in [3.63, 3.8) is 0 Å². The average Bonchev–Trinajstić information content (AvgIpc) is 2.02. The van der Waals surface area contributed by atoms with Crippen LogP contribution in [0.4, 0.5) is 0 Å². The first-order valence-corrected chi connectivity index (χ1v) is 4.28. The predicted octanol–water partition coefficient (Wildman–Crippen LogP) is 1.99. The summed E-state index contributed by atoms with van der Waals surface area (Å²) in [5.41, 5.74) is 0. The van der Waals surface area contributed by atoms with E-state index in [0.717, 1.165) is 12.5 Å². The van der Waals surface area contributed by atoms with Crippen molar-refractivity contribution in [3.05, 3.63) is 0 Å². The highest BCUT2D eigenvalue weighted by Gasteiger charge is 2.08. The van der Waals surface area contributed by atoms with Gasteiger partial charge in [0.05, 0.1) is 6.04 Å². The maximum atomic E-state index is 5.30. The summed E-state index contributed by atoms with van der Waals surface area (Å²) in [4.78, 5) is 2.22. The fourth-order valence-corrected chi connectivity index (χ4v) is 0.906. The summed E-state index contributed by atoms with van der Waals surface area (Å²) in [6.45, 7) is 7.61. The van der Waals surface area contributed by atoms with E-state index in [4.69, 9.17) is 6.42 Å². The Morgan fingerprint density at radius 1 is 1.45 bits per heavy atom. The zero-order valence-electron chi connectivity index (χ0n) is 8.09. The zero-order valence-corrected chi connectivity index (χ0v) is 8.09. The molecular formula is C10H19N. The van der Waals surface area contributed by atoms with Crippen molar-refractivity contribution in [1.29, 1.82) is 0 Å². The molecule has 0 aliphatic heterocycles. The monoisotopic (exact) mass is 153 g/mol. The third-order valence-electron chi connectivity index (χ3n) is 2.20. The molecule has 0 N–H and O–H groups in total. The van der Waals surface area contributed by atoms with E-state index in [1.165, 1.54) is 6.42 Å². The lowest BCUT2D eigenvalue weighted by molar-refractivity contribution is 0.258. The Hall–Kier alpha value is -0.480. The molecule has 1 nitrogen and oxygen atoms in total. The lowest BCUT2D eigenvalue weighted by atomic mass is 10.1. The number of hydrogen-bond donors (Lipinski definition) is 0. The van der Waals surface area contributed by atoms with Gasteiger partial charge in [0, 0.05) is 6.54 Å². The van der Waals surface area contributed by atoms with Crippen molar-refractivity contribution in [1.82, 2.24) is 4.90 Å². The number of nitrogens with zero attached hydrogens (tertiary/aromatic N) is 1. The fourth-order valence-electron chi connectivity index (χ4n) is 0.906. The van der Waals surface area contributed by atoms with Crippen LogP contribution in [0.3, 0.4) is 0 Å². The van der Waals surface area contributed by atoms with E-state index in [0.29, 0.717) is 0 Å². The van der Waals surface area contributed by atoms with Gasteiger partial charge in [0.15, 0.2) is 0 Å². The van der Waals surface area contributed by atoms with Gasteiger partial charge in [0.25, 0.3) is 0 Å². The fraction of sp³-hybridized carbons (Fsp3) is 0.800. The molecule has 0 amide bonds. The highest BCUT2D eigenvalue weighted by atomic mass is 15.1. The molecule has 1 heteroatoms. The summed E-state index contributed by atoms with van der Waals surface area (Å²) in [6.07, 6.45) is 6.52. The lowest BCUT2D eigenvalue weighted by Gasteiger charge is -2.23. The molecule has 0 aromatic rings. The maximum Gasteiger partial charge on any atom is 0.0680 e. The van der Waals surface area contributed by atoms with Gasteiger partial charge in [-0.3, -0.25) is 4.90 Å². The summed E-state index contributed by atoms with van der Waals surface area (Å²) in [7, 11) is 2.08. The molecule has 0 saturated carbocycles. The lowest BCUT2D eigenvalue weighted by Crippen LogP contribution is -2.31. The SMILES string of the molecule is C#CC(C)N(C)CC(C)CC. The number of rotatable bonds is 4. The van der Waals surface area contributed by atoms with Crippen LogP contribution in [0.25, 0.3) is 0 Å². The van der Waals surface area contributed by atoms with Gasteiger partial charge in [-0.2, -0.15) is 0 Å². The van der Waals surface area contributed by atoms with Crippen molar-refractivity contribution in [2.45, 2.75) is 33.2 Å². The van der Waals surface area contributed by atoms with Crippen molar-refractivity contribution in [2.75, 3.05) is 13.6 Å². The van der Waals surface area contributed by atoms with Crippen LogP contribution >= 0.6 is 0 Å². The summed E-state index contributed by atoms with van der Waals surface area (Å²) in [5.74, 6) is 3.47. The van der Waals surface area contributed by atoms with Gasteiger partial charge in [-0.15, -0.1) is 6.42 Å². The van der Waals surface area contributed by atoms with Gasteiger partial charge in [-0.05, 0) is 19.9 Å². The zero-order chi connectivity index (χ0) is 8.85. The van der Waals surface area contributed by atoms with Gasteiger partial charge in [-0.1, -0.05) is 26.2 Å².